The molecule has 0 atom stereocenters. The third kappa shape index (κ3) is 4.01. The smallest absolute Gasteiger partial charge is 0.238 e. The van der Waals surface area contributed by atoms with E-state index in [1.165, 1.54) is 48.6 Å². The topological polar surface area (TPSA) is 43.6 Å². The number of benzene rings is 7. The fraction of sp³-hybridized carbons (Fsp3) is 0.0217. The number of para-hydroxylation sites is 1. The summed E-state index contributed by atoms with van der Waals surface area (Å²) in [6.45, 7) is 0. The molecule has 51 heavy (non-hydrogen) atoms. The van der Waals surface area contributed by atoms with E-state index in [9.17, 15) is 0 Å². The molecule has 11 rings (SSSR count). The van der Waals surface area contributed by atoms with Crippen LogP contribution in [0.2, 0.25) is 0 Å². The minimum atomic E-state index is -0.449. The van der Waals surface area contributed by atoms with E-state index in [-0.39, 0.29) is 0 Å². The van der Waals surface area contributed by atoms with Gasteiger partial charge in [-0.15, -0.1) is 0 Å². The Balaban J connectivity index is 1.26. The van der Waals surface area contributed by atoms with Gasteiger partial charge < -0.3 is 0 Å². The Hall–Kier alpha value is -6.30. The molecular formula is C46H28N4S. The highest BCUT2D eigenvalue weighted by Crippen LogP contribution is 2.62. The fourth-order valence-electron chi connectivity index (χ4n) is 8.43. The molecule has 0 N–H and O–H groups in total. The first-order valence-corrected chi connectivity index (χ1v) is 18.0. The standard InChI is InChI=1S/C46H28N4S/c1-3-15-29(16-4-1)43-47-44(30-17-5-2-6-18-30)49-45(48-43)50-39-24-12-8-20-32(39)34-27-38-33(28-40(34)50)31-19-7-9-21-35(31)46(38)36-22-10-13-25-41(36)51-42-26-14-11-23-37(42)46/h1-28H. The highest BCUT2D eigenvalue weighted by Gasteiger charge is 2.50. The molecular weight excluding hydrogens is 641 g/mol. The van der Waals surface area contributed by atoms with E-state index in [4.69, 9.17) is 15.0 Å². The van der Waals surface area contributed by atoms with Gasteiger partial charge in [0.05, 0.1) is 16.4 Å². The molecule has 9 aromatic rings. The summed E-state index contributed by atoms with van der Waals surface area (Å²) in [4.78, 5) is 18.0. The monoisotopic (exact) mass is 668 g/mol. The molecule has 5 heteroatoms. The van der Waals surface area contributed by atoms with E-state index in [1.807, 2.05) is 48.2 Å². The van der Waals surface area contributed by atoms with E-state index in [2.05, 4.69) is 138 Å². The number of aromatic nitrogens is 4. The third-order valence-electron chi connectivity index (χ3n) is 10.5. The van der Waals surface area contributed by atoms with Crippen LogP contribution >= 0.6 is 11.8 Å². The summed E-state index contributed by atoms with van der Waals surface area (Å²) in [6.07, 6.45) is 0. The Kier molecular flexibility index (Phi) is 6.07. The predicted molar refractivity (Wildman–Crippen MR) is 206 cm³/mol. The molecule has 238 valence electrons. The maximum atomic E-state index is 5.19. The van der Waals surface area contributed by atoms with Crippen molar-refractivity contribution in [3.63, 3.8) is 0 Å². The second-order valence-electron chi connectivity index (χ2n) is 13.2. The van der Waals surface area contributed by atoms with Crippen molar-refractivity contribution in [3.8, 4) is 39.9 Å². The number of rotatable bonds is 3. The van der Waals surface area contributed by atoms with Crippen LogP contribution in [-0.2, 0) is 5.41 Å². The van der Waals surface area contributed by atoms with Crippen molar-refractivity contribution in [3.05, 3.63) is 192 Å². The van der Waals surface area contributed by atoms with Gasteiger partial charge in [-0.2, -0.15) is 9.97 Å². The van der Waals surface area contributed by atoms with Gasteiger partial charge in [0, 0.05) is 31.7 Å². The van der Waals surface area contributed by atoms with E-state index in [0.29, 0.717) is 17.6 Å². The molecule has 0 saturated heterocycles. The average Bonchev–Trinajstić information content (AvgIpc) is 3.68. The van der Waals surface area contributed by atoms with Crippen LogP contribution in [-0.4, -0.2) is 19.5 Å². The van der Waals surface area contributed by atoms with Crippen LogP contribution in [0.25, 0.3) is 61.7 Å². The molecule has 0 fully saturated rings. The predicted octanol–water partition coefficient (Wildman–Crippen LogP) is 11.1. The molecule has 2 aromatic heterocycles. The van der Waals surface area contributed by atoms with Crippen molar-refractivity contribution in [2.24, 2.45) is 0 Å². The highest BCUT2D eigenvalue weighted by molar-refractivity contribution is 7.99. The lowest BCUT2D eigenvalue weighted by Crippen LogP contribution is -2.31. The minimum absolute atomic E-state index is 0.449. The van der Waals surface area contributed by atoms with Gasteiger partial charge in [-0.05, 0) is 63.7 Å². The maximum Gasteiger partial charge on any atom is 0.238 e. The molecule has 0 amide bonds. The molecule has 0 bridgehead atoms. The van der Waals surface area contributed by atoms with Crippen LogP contribution in [0.3, 0.4) is 0 Å². The largest absolute Gasteiger partial charge is 0.278 e. The molecule has 1 spiro atoms. The molecule has 4 nitrogen and oxygen atoms in total. The molecule has 2 aliphatic rings. The SMILES string of the molecule is c1ccc(-c2nc(-c3ccccc3)nc(-n3c4ccccc4c4cc5c(cc43)-c3ccccc3C53c4ccccc4Sc4ccccc43)n2)cc1. The zero-order chi connectivity index (χ0) is 33.5. The van der Waals surface area contributed by atoms with Crippen LogP contribution in [0.1, 0.15) is 22.3 Å². The van der Waals surface area contributed by atoms with Crippen LogP contribution in [0.15, 0.2) is 180 Å². The van der Waals surface area contributed by atoms with Crippen LogP contribution < -0.4 is 0 Å². The normalized spacial score (nSPS) is 13.6. The minimum Gasteiger partial charge on any atom is -0.278 e. The molecule has 0 unspecified atom stereocenters. The van der Waals surface area contributed by atoms with Gasteiger partial charge in [-0.1, -0.05) is 151 Å². The second-order valence-corrected chi connectivity index (χ2v) is 14.3. The van der Waals surface area contributed by atoms with Crippen molar-refractivity contribution < 1.29 is 0 Å². The van der Waals surface area contributed by atoms with Crippen molar-refractivity contribution in [2.75, 3.05) is 0 Å². The van der Waals surface area contributed by atoms with E-state index < -0.39 is 5.41 Å². The lowest BCUT2D eigenvalue weighted by atomic mass is 9.67. The quantitative estimate of drug-likeness (QED) is 0.188. The zero-order valence-corrected chi connectivity index (χ0v) is 28.2. The second kappa shape index (κ2) is 10.8. The average molecular weight is 669 g/mol. The molecule has 0 radical (unpaired) electrons. The van der Waals surface area contributed by atoms with E-state index >= 15 is 0 Å². The van der Waals surface area contributed by atoms with E-state index in [1.54, 1.807) is 0 Å². The lowest BCUT2D eigenvalue weighted by molar-refractivity contribution is 0.723. The van der Waals surface area contributed by atoms with Gasteiger partial charge in [0.2, 0.25) is 5.95 Å². The van der Waals surface area contributed by atoms with Crippen molar-refractivity contribution in [1.82, 2.24) is 19.5 Å². The van der Waals surface area contributed by atoms with Crippen LogP contribution in [0, 0.1) is 0 Å². The van der Waals surface area contributed by atoms with Gasteiger partial charge in [-0.25, -0.2) is 4.98 Å². The molecule has 0 saturated carbocycles. The Morgan fingerprint density at radius 2 is 0.961 bits per heavy atom. The first-order chi connectivity index (χ1) is 25.3. The first-order valence-electron chi connectivity index (χ1n) is 17.2. The van der Waals surface area contributed by atoms with Gasteiger partial charge in [0.1, 0.15) is 0 Å². The fourth-order valence-corrected chi connectivity index (χ4v) is 9.62. The summed E-state index contributed by atoms with van der Waals surface area (Å²) < 4.78 is 2.23. The number of hydrogen-bond donors (Lipinski definition) is 0. The highest BCUT2D eigenvalue weighted by atomic mass is 32.2. The van der Waals surface area contributed by atoms with Gasteiger partial charge in [0.25, 0.3) is 0 Å². The summed E-state index contributed by atoms with van der Waals surface area (Å²) in [5.74, 6) is 1.88. The molecule has 7 aromatic carbocycles. The summed E-state index contributed by atoms with van der Waals surface area (Å²) in [5.41, 5.74) is 11.4. The summed E-state index contributed by atoms with van der Waals surface area (Å²) in [6, 6.07) is 60.8. The number of hydrogen-bond acceptors (Lipinski definition) is 4. The van der Waals surface area contributed by atoms with Gasteiger partial charge in [-0.3, -0.25) is 4.57 Å². The molecule has 1 aliphatic carbocycles. The Morgan fingerprint density at radius 1 is 0.412 bits per heavy atom. The van der Waals surface area contributed by atoms with Crippen molar-refractivity contribution in [1.29, 1.82) is 0 Å². The number of fused-ring (bicyclic) bond motifs is 12. The van der Waals surface area contributed by atoms with E-state index in [0.717, 1.165) is 27.5 Å². The third-order valence-corrected chi connectivity index (χ3v) is 11.7. The van der Waals surface area contributed by atoms with Crippen LogP contribution in [0.4, 0.5) is 0 Å². The zero-order valence-electron chi connectivity index (χ0n) is 27.4. The Labute approximate surface area is 299 Å². The van der Waals surface area contributed by atoms with Crippen LogP contribution in [0.5, 0.6) is 0 Å². The lowest BCUT2D eigenvalue weighted by Gasteiger charge is -2.39. The van der Waals surface area contributed by atoms with Gasteiger partial charge >= 0.3 is 0 Å². The maximum absolute atomic E-state index is 5.19. The Morgan fingerprint density at radius 3 is 1.63 bits per heavy atom. The first kappa shape index (κ1) is 28.5. The van der Waals surface area contributed by atoms with Gasteiger partial charge in [0.15, 0.2) is 11.6 Å². The van der Waals surface area contributed by atoms with Crippen molar-refractivity contribution >= 4 is 33.6 Å². The summed E-state index contributed by atoms with van der Waals surface area (Å²) in [5, 5.41) is 2.34. The summed E-state index contributed by atoms with van der Waals surface area (Å²) >= 11 is 1.87. The molecule has 3 heterocycles. The molecule has 1 aliphatic heterocycles. The number of nitrogens with zero attached hydrogens (tertiary/aromatic N) is 4. The van der Waals surface area contributed by atoms with Crippen molar-refractivity contribution in [2.45, 2.75) is 15.2 Å². The summed E-state index contributed by atoms with van der Waals surface area (Å²) in [7, 11) is 0. The Bertz CT molecular complexity index is 2740.